The van der Waals surface area contributed by atoms with Crippen molar-refractivity contribution in [3.8, 4) is 0 Å². The van der Waals surface area contributed by atoms with Crippen LogP contribution in [0.15, 0.2) is 0 Å². The summed E-state index contributed by atoms with van der Waals surface area (Å²) in [4.78, 5) is 18.7. The van der Waals surface area contributed by atoms with Crippen LogP contribution < -0.4 is 9.79 Å². The maximum absolute atomic E-state index is 9.59. The molecule has 0 aromatic rings. The number of hydrogen-bond donors (Lipinski definition) is 4. The molecule has 0 spiro atoms. The largest absolute Gasteiger partial charge is 0.756 e. The van der Waals surface area contributed by atoms with Crippen LogP contribution in [0.4, 0.5) is 0 Å². The van der Waals surface area contributed by atoms with Gasteiger partial charge in [-0.1, -0.05) is 96.8 Å². The Bertz CT molecular complexity index is 389. The van der Waals surface area contributed by atoms with Gasteiger partial charge in [-0.05, 0) is 19.8 Å². The van der Waals surface area contributed by atoms with E-state index < -0.39 is 7.82 Å². The number of aliphatic hydroxyl groups excluding tert-OH is 2. The van der Waals surface area contributed by atoms with Crippen molar-refractivity contribution in [2.75, 3.05) is 39.5 Å². The maximum atomic E-state index is 9.59. The minimum Gasteiger partial charge on any atom is -0.756 e. The fourth-order valence-corrected chi connectivity index (χ4v) is 4.10. The van der Waals surface area contributed by atoms with Crippen LogP contribution in [0.3, 0.4) is 0 Å². The number of hydrogen-bond acceptors (Lipinski definition) is 5. The van der Waals surface area contributed by atoms with Gasteiger partial charge in [-0.25, -0.2) is 0 Å². The van der Waals surface area contributed by atoms with E-state index in [-0.39, 0.29) is 19.8 Å². The molecule has 7 nitrogen and oxygen atoms in total. The van der Waals surface area contributed by atoms with Gasteiger partial charge in [-0.2, -0.15) is 0 Å². The first kappa shape index (κ1) is 34.2. The van der Waals surface area contributed by atoms with Crippen molar-refractivity contribution in [2.24, 2.45) is 0 Å². The Balaban J connectivity index is 0. The van der Waals surface area contributed by atoms with Crippen molar-refractivity contribution < 1.29 is 34.0 Å². The lowest BCUT2D eigenvalue weighted by Gasteiger charge is -2.17. The van der Waals surface area contributed by atoms with Crippen molar-refractivity contribution in [1.29, 1.82) is 0 Å². The molecule has 0 aliphatic carbocycles. The van der Waals surface area contributed by atoms with Crippen molar-refractivity contribution in [3.05, 3.63) is 0 Å². The van der Waals surface area contributed by atoms with Crippen LogP contribution in [0.5, 0.6) is 0 Å². The lowest BCUT2D eigenvalue weighted by molar-refractivity contribution is -0.901. The fraction of sp³-hybridized carbons (Fsp3) is 1.00. The normalized spacial score (nSPS) is 13.1. The lowest BCUT2D eigenvalue weighted by atomic mass is 10.0. The van der Waals surface area contributed by atoms with E-state index in [0.29, 0.717) is 0 Å². The minimum absolute atomic E-state index is 0.0166. The minimum atomic E-state index is -4.42. The molecule has 0 saturated carbocycles. The summed E-state index contributed by atoms with van der Waals surface area (Å²) in [6.45, 7) is 6.85. The summed E-state index contributed by atoms with van der Waals surface area (Å²) < 4.78 is 13.4. The molecular formula is C24H54NO6P. The van der Waals surface area contributed by atoms with Gasteiger partial charge in [0, 0.05) is 0 Å². The van der Waals surface area contributed by atoms with Gasteiger partial charge < -0.3 is 29.4 Å². The number of quaternary nitrogens is 1. The molecule has 4 N–H and O–H groups in total. The zero-order valence-corrected chi connectivity index (χ0v) is 22.0. The molecule has 1 atom stereocenters. The van der Waals surface area contributed by atoms with E-state index >= 15 is 0 Å². The third-order valence-corrected chi connectivity index (χ3v) is 6.19. The highest BCUT2D eigenvalue weighted by atomic mass is 31.2. The Labute approximate surface area is 198 Å². The number of unbranched alkanes of at least 4 members (excludes halogenated alkanes) is 15. The zero-order chi connectivity index (χ0) is 24.3. The number of phosphoric acid groups is 1. The molecule has 0 rings (SSSR count). The highest BCUT2D eigenvalue weighted by Gasteiger charge is 2.05. The molecule has 0 fully saturated rings. The van der Waals surface area contributed by atoms with E-state index in [1.807, 2.05) is 0 Å². The van der Waals surface area contributed by atoms with Crippen molar-refractivity contribution in [3.63, 3.8) is 0 Å². The number of rotatable bonds is 23. The van der Waals surface area contributed by atoms with Crippen LogP contribution in [0.2, 0.25) is 0 Å². The predicted octanol–water partition coefficient (Wildman–Crippen LogP) is 3.60. The molecule has 0 aliphatic heterocycles. The fourth-order valence-electron chi connectivity index (χ4n) is 3.78. The van der Waals surface area contributed by atoms with Crippen LogP contribution in [-0.4, -0.2) is 54.6 Å². The second-order valence-electron chi connectivity index (χ2n) is 8.64. The smallest absolute Gasteiger partial charge is 0.265 e. The number of phosphoric ester groups is 1. The Morgan fingerprint density at radius 2 is 1.00 bits per heavy atom. The third kappa shape index (κ3) is 32.2. The average Bonchev–Trinajstić information content (AvgIpc) is 2.73. The molecule has 8 heteroatoms. The zero-order valence-electron chi connectivity index (χ0n) is 21.1. The number of nitrogens with one attached hydrogen (secondary N) is 1. The molecule has 0 aromatic carbocycles. The van der Waals surface area contributed by atoms with E-state index in [1.165, 1.54) is 115 Å². The van der Waals surface area contributed by atoms with Gasteiger partial charge in [0.25, 0.3) is 7.82 Å². The molecule has 1 unspecified atom stereocenters. The monoisotopic (exact) mass is 483 g/mol. The van der Waals surface area contributed by atoms with Crippen LogP contribution in [-0.2, 0) is 9.09 Å². The van der Waals surface area contributed by atoms with Crippen LogP contribution in [0.25, 0.3) is 0 Å². The summed E-state index contributed by atoms with van der Waals surface area (Å²) >= 11 is 0. The summed E-state index contributed by atoms with van der Waals surface area (Å²) in [5.41, 5.74) is 0. The van der Waals surface area contributed by atoms with Crippen molar-refractivity contribution in [2.45, 2.75) is 117 Å². The Kier molecular flexibility index (Phi) is 29.1. The number of aliphatic hydroxyl groups is 2. The second-order valence-corrected chi connectivity index (χ2v) is 9.83. The van der Waals surface area contributed by atoms with Crippen molar-refractivity contribution >= 4 is 7.82 Å². The highest BCUT2D eigenvalue weighted by molar-refractivity contribution is 7.44. The first-order valence-electron chi connectivity index (χ1n) is 13.1. The molecule has 0 saturated heterocycles. The summed E-state index contributed by atoms with van der Waals surface area (Å²) in [7, 11) is -4.42. The first-order valence-corrected chi connectivity index (χ1v) is 14.6. The summed E-state index contributed by atoms with van der Waals surface area (Å²) in [6, 6.07) is 0. The van der Waals surface area contributed by atoms with Gasteiger partial charge in [-0.15, -0.1) is 0 Å². The molecule has 0 aliphatic rings. The van der Waals surface area contributed by atoms with E-state index in [0.717, 1.165) is 19.6 Å². The highest BCUT2D eigenvalue weighted by Crippen LogP contribution is 2.29. The maximum Gasteiger partial charge on any atom is 0.265 e. The molecular weight excluding hydrogens is 429 g/mol. The van der Waals surface area contributed by atoms with Crippen LogP contribution >= 0.6 is 7.82 Å². The SMILES string of the molecule is CCCCCCCCCCCCCCCCCC[NH+](CCO)CCO.CCOP(=O)([O-])O. The Morgan fingerprint density at radius 1 is 0.656 bits per heavy atom. The van der Waals surface area contributed by atoms with Gasteiger partial charge in [-0.3, -0.25) is 4.57 Å². The van der Waals surface area contributed by atoms with Gasteiger partial charge in [0.1, 0.15) is 13.1 Å². The summed E-state index contributed by atoms with van der Waals surface area (Å²) in [5.74, 6) is 0. The first-order chi connectivity index (χ1) is 15.4. The topological polar surface area (TPSA) is 114 Å². The molecule has 0 radical (unpaired) electrons. The molecule has 32 heavy (non-hydrogen) atoms. The predicted molar refractivity (Wildman–Crippen MR) is 131 cm³/mol. The van der Waals surface area contributed by atoms with Gasteiger partial charge in [0.05, 0.1) is 26.4 Å². The Hall–Kier alpha value is -0.0100. The quantitative estimate of drug-likeness (QED) is 0.130. The summed E-state index contributed by atoms with van der Waals surface area (Å²) in [6.07, 6.45) is 22.4. The molecule has 0 aromatic heterocycles. The molecule has 0 heterocycles. The molecule has 0 amide bonds. The van der Waals surface area contributed by atoms with Crippen LogP contribution in [0.1, 0.15) is 117 Å². The third-order valence-electron chi connectivity index (χ3n) is 5.61. The van der Waals surface area contributed by atoms with E-state index in [2.05, 4.69) is 11.4 Å². The van der Waals surface area contributed by atoms with Gasteiger partial charge >= 0.3 is 0 Å². The Morgan fingerprint density at radius 3 is 1.25 bits per heavy atom. The molecule has 196 valence electrons. The second kappa shape index (κ2) is 27.2. The van der Waals surface area contributed by atoms with Gasteiger partial charge in [0.15, 0.2) is 0 Å². The van der Waals surface area contributed by atoms with Crippen molar-refractivity contribution in [1.82, 2.24) is 0 Å². The molecule has 0 bridgehead atoms. The summed E-state index contributed by atoms with van der Waals surface area (Å²) in [5, 5.41) is 18.0. The van der Waals surface area contributed by atoms with Gasteiger partial charge in [0.2, 0.25) is 0 Å². The standard InChI is InChI=1S/C22H47NO2.C2H7O4P/c1-2-3-4-5-6-7-8-9-10-11-12-13-14-15-16-17-18-23(19-21-24)20-22-25;1-2-6-7(3,4)5/h24-25H,2-22H2,1H3;2H2,1H3,(H2,3,4,5). The van der Waals surface area contributed by atoms with E-state index in [4.69, 9.17) is 15.1 Å². The average molecular weight is 484 g/mol. The lowest BCUT2D eigenvalue weighted by Crippen LogP contribution is -3.13. The van der Waals surface area contributed by atoms with E-state index in [9.17, 15) is 9.46 Å². The van der Waals surface area contributed by atoms with E-state index in [1.54, 1.807) is 0 Å². The van der Waals surface area contributed by atoms with Crippen LogP contribution in [0, 0.1) is 0 Å².